The van der Waals surface area contributed by atoms with Crippen LogP contribution in [0.2, 0.25) is 0 Å². The van der Waals surface area contributed by atoms with Crippen molar-refractivity contribution in [3.8, 4) is 5.75 Å². The molecule has 0 aromatic heterocycles. The van der Waals surface area contributed by atoms with Crippen LogP contribution >= 0.6 is 0 Å². The van der Waals surface area contributed by atoms with Crippen molar-refractivity contribution in [2.75, 3.05) is 6.61 Å². The molecule has 1 rings (SSSR count). The first-order chi connectivity index (χ1) is 7.54. The lowest BCUT2D eigenvalue weighted by molar-refractivity contribution is -0.385. The average Bonchev–Trinajstić information content (AvgIpc) is 2.17. The van der Waals surface area contributed by atoms with Gasteiger partial charge < -0.3 is 10.5 Å². The van der Waals surface area contributed by atoms with E-state index in [4.69, 9.17) is 10.5 Å². The van der Waals surface area contributed by atoms with Gasteiger partial charge in [-0.15, -0.1) is 0 Å². The van der Waals surface area contributed by atoms with Gasteiger partial charge in [-0.1, -0.05) is 6.07 Å². The number of nitro benzene ring substituents is 1. The average molecular weight is 224 g/mol. The van der Waals surface area contributed by atoms with E-state index < -0.39 is 4.92 Å². The number of benzene rings is 1. The summed E-state index contributed by atoms with van der Waals surface area (Å²) in [4.78, 5) is 10.3. The van der Waals surface area contributed by atoms with Crippen molar-refractivity contribution in [3.05, 3.63) is 33.9 Å². The zero-order valence-electron chi connectivity index (χ0n) is 9.47. The van der Waals surface area contributed by atoms with Crippen molar-refractivity contribution in [1.29, 1.82) is 0 Å². The Labute approximate surface area is 94.4 Å². The maximum absolute atomic E-state index is 10.7. The van der Waals surface area contributed by atoms with Crippen molar-refractivity contribution >= 4 is 5.69 Å². The summed E-state index contributed by atoms with van der Waals surface area (Å²) in [5, 5.41) is 10.7. The molecule has 0 aliphatic heterocycles. The van der Waals surface area contributed by atoms with Crippen molar-refractivity contribution in [1.82, 2.24) is 0 Å². The highest BCUT2D eigenvalue weighted by atomic mass is 16.6. The van der Waals surface area contributed by atoms with Crippen molar-refractivity contribution in [2.24, 2.45) is 5.73 Å². The van der Waals surface area contributed by atoms with Gasteiger partial charge in [0, 0.05) is 12.1 Å². The molecule has 0 heterocycles. The van der Waals surface area contributed by atoms with Gasteiger partial charge in [-0.25, -0.2) is 0 Å². The molecule has 0 radical (unpaired) electrons. The zero-order valence-corrected chi connectivity index (χ0v) is 9.47. The highest BCUT2D eigenvalue weighted by Gasteiger charge is 2.15. The normalized spacial score (nSPS) is 12.2. The van der Waals surface area contributed by atoms with E-state index in [1.807, 2.05) is 6.92 Å². The Kier molecular flexibility index (Phi) is 4.25. The summed E-state index contributed by atoms with van der Waals surface area (Å²) in [7, 11) is 0. The van der Waals surface area contributed by atoms with Gasteiger partial charge in [-0.2, -0.15) is 0 Å². The van der Waals surface area contributed by atoms with Gasteiger partial charge in [0.2, 0.25) is 0 Å². The zero-order chi connectivity index (χ0) is 12.1. The standard InChI is InChI=1S/C11H16N2O3/c1-3-16-11-7-9(6-8(2)12)4-5-10(11)13(14)15/h4-5,7-8H,3,6,12H2,1-2H3. The van der Waals surface area contributed by atoms with Crippen LogP contribution in [0.3, 0.4) is 0 Å². The number of rotatable bonds is 5. The van der Waals surface area contributed by atoms with Crippen LogP contribution in [0.5, 0.6) is 5.75 Å². The number of nitrogens with two attached hydrogens (primary N) is 1. The number of nitrogens with zero attached hydrogens (tertiary/aromatic N) is 1. The van der Waals surface area contributed by atoms with E-state index in [0.717, 1.165) is 5.56 Å². The molecule has 16 heavy (non-hydrogen) atoms. The van der Waals surface area contributed by atoms with Gasteiger partial charge in [0.15, 0.2) is 5.75 Å². The molecule has 5 heteroatoms. The molecule has 0 bridgehead atoms. The largest absolute Gasteiger partial charge is 0.487 e. The van der Waals surface area contributed by atoms with Crippen molar-refractivity contribution in [3.63, 3.8) is 0 Å². The summed E-state index contributed by atoms with van der Waals surface area (Å²) in [6.45, 7) is 4.09. The van der Waals surface area contributed by atoms with E-state index in [-0.39, 0.29) is 11.7 Å². The monoisotopic (exact) mass is 224 g/mol. The number of hydrogen-bond donors (Lipinski definition) is 1. The fourth-order valence-electron chi connectivity index (χ4n) is 1.48. The van der Waals surface area contributed by atoms with Crippen LogP contribution in [0.15, 0.2) is 18.2 Å². The van der Waals surface area contributed by atoms with E-state index in [1.165, 1.54) is 6.07 Å². The second kappa shape index (κ2) is 5.46. The van der Waals surface area contributed by atoms with Gasteiger partial charge in [0.05, 0.1) is 11.5 Å². The van der Waals surface area contributed by atoms with Crippen LogP contribution in [-0.2, 0) is 6.42 Å². The van der Waals surface area contributed by atoms with Crippen molar-refractivity contribution < 1.29 is 9.66 Å². The van der Waals surface area contributed by atoms with Gasteiger partial charge in [0.25, 0.3) is 0 Å². The predicted molar refractivity (Wildman–Crippen MR) is 61.6 cm³/mol. The summed E-state index contributed by atoms with van der Waals surface area (Å²) in [5.74, 6) is 0.311. The minimum Gasteiger partial charge on any atom is -0.487 e. The summed E-state index contributed by atoms with van der Waals surface area (Å²) < 4.78 is 5.24. The molecule has 0 aliphatic rings. The Hall–Kier alpha value is -1.62. The number of ether oxygens (including phenoxy) is 1. The Morgan fingerprint density at radius 1 is 1.56 bits per heavy atom. The van der Waals surface area contributed by atoms with Crippen LogP contribution < -0.4 is 10.5 Å². The predicted octanol–water partition coefficient (Wildman–Crippen LogP) is 1.88. The van der Waals surface area contributed by atoms with E-state index >= 15 is 0 Å². The highest BCUT2D eigenvalue weighted by Crippen LogP contribution is 2.28. The van der Waals surface area contributed by atoms with Gasteiger partial charge in [-0.3, -0.25) is 10.1 Å². The van der Waals surface area contributed by atoms with Crippen LogP contribution in [0.1, 0.15) is 19.4 Å². The Balaban J connectivity index is 3.02. The lowest BCUT2D eigenvalue weighted by Crippen LogP contribution is -2.17. The van der Waals surface area contributed by atoms with Gasteiger partial charge >= 0.3 is 5.69 Å². The third-order valence-corrected chi connectivity index (χ3v) is 2.08. The molecule has 2 N–H and O–H groups in total. The lowest BCUT2D eigenvalue weighted by Gasteiger charge is -2.08. The Morgan fingerprint density at radius 3 is 2.75 bits per heavy atom. The molecule has 0 aliphatic carbocycles. The number of hydrogen-bond acceptors (Lipinski definition) is 4. The van der Waals surface area contributed by atoms with E-state index in [1.54, 1.807) is 19.1 Å². The Bertz CT molecular complexity index is 377. The summed E-state index contributed by atoms with van der Waals surface area (Å²) >= 11 is 0. The smallest absolute Gasteiger partial charge is 0.310 e. The first-order valence-corrected chi connectivity index (χ1v) is 5.20. The second-order valence-corrected chi connectivity index (χ2v) is 3.67. The second-order valence-electron chi connectivity index (χ2n) is 3.67. The van der Waals surface area contributed by atoms with Crippen LogP contribution in [0.4, 0.5) is 5.69 Å². The van der Waals surface area contributed by atoms with Crippen LogP contribution in [-0.4, -0.2) is 17.6 Å². The molecule has 1 unspecified atom stereocenters. The summed E-state index contributed by atoms with van der Waals surface area (Å²) in [5.41, 5.74) is 6.62. The molecule has 1 aromatic carbocycles. The molecule has 5 nitrogen and oxygen atoms in total. The molecule has 0 spiro atoms. The van der Waals surface area contributed by atoms with E-state index in [2.05, 4.69) is 0 Å². The molecule has 0 amide bonds. The first-order valence-electron chi connectivity index (χ1n) is 5.20. The van der Waals surface area contributed by atoms with Crippen molar-refractivity contribution in [2.45, 2.75) is 26.3 Å². The molecule has 1 aromatic rings. The first kappa shape index (κ1) is 12.4. The molecule has 88 valence electrons. The lowest BCUT2D eigenvalue weighted by atomic mass is 10.1. The minimum atomic E-state index is -0.444. The van der Waals surface area contributed by atoms with Gasteiger partial charge in [0.1, 0.15) is 0 Å². The van der Waals surface area contributed by atoms with Crippen LogP contribution in [0.25, 0.3) is 0 Å². The quantitative estimate of drug-likeness (QED) is 0.611. The van der Waals surface area contributed by atoms with E-state index in [0.29, 0.717) is 18.8 Å². The molecule has 0 saturated heterocycles. The summed E-state index contributed by atoms with van der Waals surface area (Å²) in [6.07, 6.45) is 0.679. The minimum absolute atomic E-state index is 0.00438. The topological polar surface area (TPSA) is 78.4 Å². The molecule has 0 fully saturated rings. The fraction of sp³-hybridized carbons (Fsp3) is 0.455. The molecule has 1 atom stereocenters. The number of nitro groups is 1. The molecule has 0 saturated carbocycles. The SMILES string of the molecule is CCOc1cc(CC(C)N)ccc1[N+](=O)[O-]. The molecular formula is C11H16N2O3. The fourth-order valence-corrected chi connectivity index (χ4v) is 1.48. The third kappa shape index (κ3) is 3.20. The highest BCUT2D eigenvalue weighted by molar-refractivity contribution is 5.48. The van der Waals surface area contributed by atoms with E-state index in [9.17, 15) is 10.1 Å². The maximum atomic E-state index is 10.7. The van der Waals surface area contributed by atoms with Gasteiger partial charge in [-0.05, 0) is 31.9 Å². The maximum Gasteiger partial charge on any atom is 0.310 e. The summed E-state index contributed by atoms with van der Waals surface area (Å²) in [6, 6.07) is 4.88. The third-order valence-electron chi connectivity index (χ3n) is 2.08. The van der Waals surface area contributed by atoms with Crippen LogP contribution in [0, 0.1) is 10.1 Å². The molecular weight excluding hydrogens is 208 g/mol. The Morgan fingerprint density at radius 2 is 2.25 bits per heavy atom.